The van der Waals surface area contributed by atoms with Crippen molar-refractivity contribution in [3.63, 3.8) is 0 Å². The second-order valence-electron chi connectivity index (χ2n) is 9.14. The molecule has 5 nitrogen and oxygen atoms in total. The molecule has 7 heteroatoms. The topological polar surface area (TPSA) is 58.6 Å². The lowest BCUT2D eigenvalue weighted by atomic mass is 10.0. The van der Waals surface area contributed by atoms with Gasteiger partial charge in [0.25, 0.3) is 5.91 Å². The molecule has 0 aliphatic rings. The third-order valence-electron chi connectivity index (χ3n) is 6.30. The fraction of sp³-hybridized carbons (Fsp3) is 0.333. The van der Waals surface area contributed by atoms with Gasteiger partial charge in [0, 0.05) is 29.6 Å². The molecular weight excluding hydrogens is 507 g/mol. The number of halogens is 2. The van der Waals surface area contributed by atoms with Gasteiger partial charge >= 0.3 is 0 Å². The fourth-order valence-electron chi connectivity index (χ4n) is 3.93. The molecule has 0 aliphatic carbocycles. The van der Waals surface area contributed by atoms with Gasteiger partial charge in [0.05, 0.1) is 0 Å². The van der Waals surface area contributed by atoms with Crippen molar-refractivity contribution in [2.75, 3.05) is 13.2 Å². The highest BCUT2D eigenvalue weighted by molar-refractivity contribution is 6.35. The third kappa shape index (κ3) is 8.51. The predicted octanol–water partition coefficient (Wildman–Crippen LogP) is 6.55. The molecule has 0 heterocycles. The third-order valence-corrected chi connectivity index (χ3v) is 6.88. The van der Waals surface area contributed by atoms with Crippen LogP contribution < -0.4 is 10.1 Å². The molecule has 196 valence electrons. The minimum atomic E-state index is -0.748. The molecule has 0 saturated carbocycles. The summed E-state index contributed by atoms with van der Waals surface area (Å²) >= 11 is 12.6. The van der Waals surface area contributed by atoms with Gasteiger partial charge in [0.15, 0.2) is 6.61 Å². The zero-order valence-corrected chi connectivity index (χ0v) is 23.1. The van der Waals surface area contributed by atoms with Crippen molar-refractivity contribution >= 4 is 35.0 Å². The Morgan fingerprint density at radius 3 is 2.41 bits per heavy atom. The summed E-state index contributed by atoms with van der Waals surface area (Å²) in [7, 11) is 0. The number of nitrogens with zero attached hydrogens (tertiary/aromatic N) is 1. The van der Waals surface area contributed by atoms with Gasteiger partial charge in [-0.2, -0.15) is 0 Å². The van der Waals surface area contributed by atoms with E-state index in [2.05, 4.69) is 12.2 Å². The van der Waals surface area contributed by atoms with Crippen molar-refractivity contribution in [2.24, 2.45) is 0 Å². The van der Waals surface area contributed by atoms with E-state index in [1.807, 2.05) is 62.4 Å². The van der Waals surface area contributed by atoms with Gasteiger partial charge < -0.3 is 15.0 Å². The molecule has 0 radical (unpaired) electrons. The van der Waals surface area contributed by atoms with Crippen LogP contribution in [0, 0.1) is 13.8 Å². The normalized spacial score (nSPS) is 11.6. The summed E-state index contributed by atoms with van der Waals surface area (Å²) in [4.78, 5) is 28.7. The van der Waals surface area contributed by atoms with Gasteiger partial charge in [-0.25, -0.2) is 0 Å². The Hall–Kier alpha value is -3.02. The van der Waals surface area contributed by atoms with Crippen LogP contribution in [0.25, 0.3) is 0 Å². The Morgan fingerprint density at radius 1 is 0.973 bits per heavy atom. The van der Waals surface area contributed by atoms with E-state index in [9.17, 15) is 9.59 Å². The second kappa shape index (κ2) is 14.1. The molecule has 1 N–H and O–H groups in total. The first kappa shape index (κ1) is 28.5. The Kier molecular flexibility index (Phi) is 10.8. The molecule has 0 bridgehead atoms. The second-order valence-corrected chi connectivity index (χ2v) is 9.99. The first-order valence-corrected chi connectivity index (χ1v) is 13.3. The van der Waals surface area contributed by atoms with Crippen molar-refractivity contribution < 1.29 is 14.3 Å². The largest absolute Gasteiger partial charge is 0.484 e. The molecule has 3 rings (SSSR count). The molecule has 0 aromatic heterocycles. The van der Waals surface area contributed by atoms with Crippen LogP contribution >= 0.6 is 23.2 Å². The number of amides is 2. The minimum absolute atomic E-state index is 0.143. The van der Waals surface area contributed by atoms with Crippen LogP contribution in [0.2, 0.25) is 10.0 Å². The van der Waals surface area contributed by atoms with Gasteiger partial charge in [-0.15, -0.1) is 0 Å². The first-order valence-electron chi connectivity index (χ1n) is 12.5. The molecule has 3 aromatic carbocycles. The van der Waals surface area contributed by atoms with E-state index in [0.717, 1.165) is 29.5 Å². The average molecular weight is 542 g/mol. The smallest absolute Gasteiger partial charge is 0.261 e. The molecule has 0 aliphatic heterocycles. The Morgan fingerprint density at radius 2 is 1.73 bits per heavy atom. The van der Waals surface area contributed by atoms with Crippen LogP contribution in [0.3, 0.4) is 0 Å². The van der Waals surface area contributed by atoms with Crippen LogP contribution in [0.4, 0.5) is 0 Å². The van der Waals surface area contributed by atoms with Gasteiger partial charge in [0.1, 0.15) is 11.8 Å². The molecule has 3 aromatic rings. The van der Waals surface area contributed by atoms with Gasteiger partial charge in [-0.05, 0) is 66.8 Å². The van der Waals surface area contributed by atoms with Crippen molar-refractivity contribution in [3.8, 4) is 5.75 Å². The summed E-state index contributed by atoms with van der Waals surface area (Å²) in [6.45, 7) is 6.56. The Labute approximate surface area is 229 Å². The predicted molar refractivity (Wildman–Crippen MR) is 150 cm³/mol. The Balaban J connectivity index is 1.92. The molecule has 0 fully saturated rings. The number of hydrogen-bond acceptors (Lipinski definition) is 3. The van der Waals surface area contributed by atoms with Gasteiger partial charge in [-0.1, -0.05) is 79.0 Å². The van der Waals surface area contributed by atoms with Crippen LogP contribution in [0.5, 0.6) is 5.75 Å². The quantitative estimate of drug-likeness (QED) is 0.265. The number of nitrogens with one attached hydrogen (secondary N) is 1. The van der Waals surface area contributed by atoms with Crippen molar-refractivity contribution in [1.29, 1.82) is 0 Å². The summed E-state index contributed by atoms with van der Waals surface area (Å²) in [5.74, 6) is 0.0886. The van der Waals surface area contributed by atoms with Crippen molar-refractivity contribution in [1.82, 2.24) is 10.2 Å². The lowest BCUT2D eigenvalue weighted by molar-refractivity contribution is -0.142. The average Bonchev–Trinajstić information content (AvgIpc) is 2.88. The van der Waals surface area contributed by atoms with Gasteiger partial charge in [-0.3, -0.25) is 9.59 Å². The fourth-order valence-corrected chi connectivity index (χ4v) is 4.39. The molecule has 0 saturated heterocycles. The first-order chi connectivity index (χ1) is 17.8. The van der Waals surface area contributed by atoms with Crippen molar-refractivity contribution in [3.05, 3.63) is 99.0 Å². The van der Waals surface area contributed by atoms with Gasteiger partial charge in [0.2, 0.25) is 5.91 Å². The maximum atomic E-state index is 13.7. The SMILES string of the molecule is CCCCNC(=O)[C@@H](Cc1ccccc1)N(Cc1ccc(Cl)cc1Cl)C(=O)COc1ccc(C)c(C)c1. The Bertz CT molecular complexity index is 1200. The number of ether oxygens (including phenoxy) is 1. The van der Waals surface area contributed by atoms with E-state index in [4.69, 9.17) is 27.9 Å². The van der Waals surface area contributed by atoms with Crippen LogP contribution in [0.1, 0.15) is 42.0 Å². The monoisotopic (exact) mass is 540 g/mol. The zero-order valence-electron chi connectivity index (χ0n) is 21.6. The summed E-state index contributed by atoms with van der Waals surface area (Å²) in [6, 6.07) is 19.8. The number of carbonyl (C=O) groups is 2. The molecule has 37 heavy (non-hydrogen) atoms. The molecule has 0 unspecified atom stereocenters. The maximum absolute atomic E-state index is 13.7. The highest BCUT2D eigenvalue weighted by atomic mass is 35.5. The van der Waals surface area contributed by atoms with E-state index >= 15 is 0 Å². The van der Waals surface area contributed by atoms with E-state index in [0.29, 0.717) is 34.3 Å². The maximum Gasteiger partial charge on any atom is 0.261 e. The zero-order chi connectivity index (χ0) is 26.8. The molecule has 2 amide bonds. The van der Waals surface area contributed by atoms with E-state index < -0.39 is 6.04 Å². The lowest BCUT2D eigenvalue weighted by Crippen LogP contribution is -2.51. The summed E-state index contributed by atoms with van der Waals surface area (Å²) < 4.78 is 5.87. The summed E-state index contributed by atoms with van der Waals surface area (Å²) in [5, 5.41) is 3.95. The number of benzene rings is 3. The summed E-state index contributed by atoms with van der Waals surface area (Å²) in [6.07, 6.45) is 2.17. The highest BCUT2D eigenvalue weighted by Gasteiger charge is 2.31. The number of unbranched alkanes of at least 4 members (excludes halogenated alkanes) is 1. The van der Waals surface area contributed by atoms with E-state index in [-0.39, 0.29) is 25.0 Å². The van der Waals surface area contributed by atoms with Crippen molar-refractivity contribution in [2.45, 2.75) is 52.6 Å². The van der Waals surface area contributed by atoms with Crippen LogP contribution in [0.15, 0.2) is 66.7 Å². The lowest BCUT2D eigenvalue weighted by Gasteiger charge is -2.31. The molecular formula is C30H34Cl2N2O3. The number of rotatable bonds is 12. The van der Waals surface area contributed by atoms with Crippen LogP contribution in [-0.2, 0) is 22.6 Å². The molecule has 0 spiro atoms. The number of carbonyl (C=O) groups excluding carboxylic acids is 2. The summed E-state index contributed by atoms with van der Waals surface area (Å²) in [5.41, 5.74) is 3.87. The highest BCUT2D eigenvalue weighted by Crippen LogP contribution is 2.24. The standard InChI is InChI=1S/C30H34Cl2N2O3/c1-4-5-15-33-30(36)28(17-23-9-7-6-8-10-23)34(19-24-12-13-25(31)18-27(24)32)29(35)20-37-26-14-11-21(2)22(3)16-26/h6-14,16,18,28H,4-5,15,17,19-20H2,1-3H3,(H,33,36)/t28-/m1/s1. The van der Waals surface area contributed by atoms with E-state index in [1.54, 1.807) is 23.1 Å². The van der Waals surface area contributed by atoms with Crippen LogP contribution in [-0.4, -0.2) is 35.9 Å². The number of hydrogen-bond donors (Lipinski definition) is 1. The number of aryl methyl sites for hydroxylation is 2. The minimum Gasteiger partial charge on any atom is -0.484 e. The van der Waals surface area contributed by atoms with E-state index in [1.165, 1.54) is 0 Å². The molecule has 1 atom stereocenters.